The summed E-state index contributed by atoms with van der Waals surface area (Å²) in [5.41, 5.74) is -0.961. The van der Waals surface area contributed by atoms with E-state index in [1.165, 1.54) is 30.4 Å². The number of aliphatic hydroxyl groups is 1. The largest absolute Gasteiger partial charge is 0.481 e. The molecule has 5 nitrogen and oxygen atoms in total. The Labute approximate surface area is 130 Å². The van der Waals surface area contributed by atoms with Crippen molar-refractivity contribution in [2.45, 2.75) is 5.60 Å². The predicted octanol–water partition coefficient (Wildman–Crippen LogP) is 2.97. The van der Waals surface area contributed by atoms with E-state index in [2.05, 4.69) is 0 Å². The molecule has 1 aliphatic carbocycles. The van der Waals surface area contributed by atoms with Crippen molar-refractivity contribution < 1.29 is 19.4 Å². The Bertz CT molecular complexity index is 874. The second-order valence-corrected chi connectivity index (χ2v) is 5.36. The number of hydrogen-bond donors (Lipinski definition) is 2. The third-order valence-electron chi connectivity index (χ3n) is 3.67. The van der Waals surface area contributed by atoms with Gasteiger partial charge in [-0.15, -0.1) is 0 Å². The molecular formula is C16H10ClNO4. The van der Waals surface area contributed by atoms with Gasteiger partial charge in [-0.05, 0) is 29.8 Å². The maximum atomic E-state index is 11.5. The number of hydrogen-bond acceptors (Lipinski definition) is 4. The summed E-state index contributed by atoms with van der Waals surface area (Å²) in [6.45, 7) is 0. The minimum Gasteiger partial charge on any atom is -0.481 e. The summed E-state index contributed by atoms with van der Waals surface area (Å²) in [6, 6.07) is 6.41. The number of furan rings is 1. The van der Waals surface area contributed by atoms with Gasteiger partial charge in [0.05, 0.1) is 11.6 Å². The van der Waals surface area contributed by atoms with Crippen LogP contribution in [0.3, 0.4) is 0 Å². The molecule has 1 aliphatic rings. The van der Waals surface area contributed by atoms with Crippen LogP contribution in [0.4, 0.5) is 0 Å². The SMILES string of the molecule is N#Cc1cc(C2(O)C=CC=CC2C(=O)O)c2cc(Cl)oc2c1. The van der Waals surface area contributed by atoms with Gasteiger partial charge in [0.2, 0.25) is 0 Å². The van der Waals surface area contributed by atoms with Crippen LogP contribution in [0.1, 0.15) is 11.1 Å². The number of carbonyl (C=O) groups is 1. The Morgan fingerprint density at radius 2 is 2.14 bits per heavy atom. The fourth-order valence-electron chi connectivity index (χ4n) is 2.66. The lowest BCUT2D eigenvalue weighted by atomic mass is 9.77. The van der Waals surface area contributed by atoms with Gasteiger partial charge in [-0.25, -0.2) is 0 Å². The van der Waals surface area contributed by atoms with Crippen LogP contribution in [0.2, 0.25) is 5.22 Å². The maximum absolute atomic E-state index is 11.5. The fourth-order valence-corrected chi connectivity index (χ4v) is 2.85. The molecule has 1 aromatic carbocycles. The van der Waals surface area contributed by atoms with Crippen LogP contribution in [-0.2, 0) is 10.4 Å². The van der Waals surface area contributed by atoms with Crippen molar-refractivity contribution in [2.75, 3.05) is 0 Å². The van der Waals surface area contributed by atoms with Crippen molar-refractivity contribution in [1.82, 2.24) is 0 Å². The van der Waals surface area contributed by atoms with Crippen LogP contribution < -0.4 is 0 Å². The van der Waals surface area contributed by atoms with Crippen LogP contribution >= 0.6 is 11.6 Å². The van der Waals surface area contributed by atoms with Crippen LogP contribution in [0.5, 0.6) is 0 Å². The highest BCUT2D eigenvalue weighted by atomic mass is 35.5. The highest BCUT2D eigenvalue weighted by Crippen LogP contribution is 2.40. The number of rotatable bonds is 2. The zero-order chi connectivity index (χ0) is 15.9. The average molecular weight is 316 g/mol. The van der Waals surface area contributed by atoms with Gasteiger partial charge in [-0.2, -0.15) is 5.26 Å². The molecule has 110 valence electrons. The lowest BCUT2D eigenvalue weighted by molar-refractivity contribution is -0.146. The third-order valence-corrected chi connectivity index (χ3v) is 3.86. The Balaban J connectivity index is 2.32. The highest BCUT2D eigenvalue weighted by molar-refractivity contribution is 6.29. The fraction of sp³-hybridized carbons (Fsp3) is 0.125. The van der Waals surface area contributed by atoms with Crippen LogP contribution in [0, 0.1) is 17.2 Å². The van der Waals surface area contributed by atoms with E-state index in [9.17, 15) is 15.0 Å². The number of benzene rings is 1. The van der Waals surface area contributed by atoms with Crippen LogP contribution in [-0.4, -0.2) is 16.2 Å². The molecule has 0 saturated carbocycles. The van der Waals surface area contributed by atoms with Crippen molar-refractivity contribution >= 4 is 28.5 Å². The van der Waals surface area contributed by atoms with E-state index >= 15 is 0 Å². The van der Waals surface area contributed by atoms with Crippen molar-refractivity contribution in [1.29, 1.82) is 5.26 Å². The van der Waals surface area contributed by atoms with Crippen LogP contribution in [0.25, 0.3) is 11.0 Å². The van der Waals surface area contributed by atoms with Gasteiger partial charge in [-0.3, -0.25) is 4.79 Å². The number of halogens is 1. The standard InChI is InChI=1S/C16H10ClNO4/c17-14-7-10-12(5-9(8-18)6-13(10)22-14)16(21)4-2-1-3-11(16)15(19)20/h1-7,11,21H,(H,19,20). The molecule has 1 heterocycles. The van der Waals surface area contributed by atoms with E-state index in [1.807, 2.05) is 6.07 Å². The number of fused-ring (bicyclic) bond motifs is 1. The van der Waals surface area contributed by atoms with E-state index in [0.717, 1.165) is 0 Å². The summed E-state index contributed by atoms with van der Waals surface area (Å²) >= 11 is 5.85. The second kappa shape index (κ2) is 5.02. The molecule has 0 bridgehead atoms. The van der Waals surface area contributed by atoms with Crippen molar-refractivity contribution in [3.63, 3.8) is 0 Å². The summed E-state index contributed by atoms with van der Waals surface area (Å²) < 4.78 is 5.30. The molecule has 22 heavy (non-hydrogen) atoms. The van der Waals surface area contributed by atoms with Crippen molar-refractivity contribution in [3.05, 3.63) is 58.8 Å². The molecular weight excluding hydrogens is 306 g/mol. The summed E-state index contributed by atoms with van der Waals surface area (Å²) in [5, 5.41) is 30.1. The average Bonchev–Trinajstić information content (AvgIpc) is 2.86. The summed E-state index contributed by atoms with van der Waals surface area (Å²) in [6.07, 6.45) is 5.91. The predicted molar refractivity (Wildman–Crippen MR) is 79.2 cm³/mol. The molecule has 2 unspecified atom stereocenters. The first-order valence-electron chi connectivity index (χ1n) is 6.40. The van der Waals surface area contributed by atoms with Crippen molar-refractivity contribution in [3.8, 4) is 6.07 Å². The van der Waals surface area contributed by atoms with E-state index in [0.29, 0.717) is 11.0 Å². The molecule has 0 amide bonds. The third kappa shape index (κ3) is 2.10. The number of allylic oxidation sites excluding steroid dienone is 2. The molecule has 3 rings (SSSR count). The first kappa shape index (κ1) is 14.4. The normalized spacial score (nSPS) is 23.6. The maximum Gasteiger partial charge on any atom is 0.314 e. The Morgan fingerprint density at radius 3 is 2.82 bits per heavy atom. The Morgan fingerprint density at radius 1 is 1.36 bits per heavy atom. The van der Waals surface area contributed by atoms with Crippen LogP contribution in [0.15, 0.2) is 46.9 Å². The molecule has 0 radical (unpaired) electrons. The summed E-state index contributed by atoms with van der Waals surface area (Å²) in [5.74, 6) is -2.35. The smallest absolute Gasteiger partial charge is 0.314 e. The number of carboxylic acid groups (broad SMARTS) is 1. The zero-order valence-corrected chi connectivity index (χ0v) is 11.9. The van der Waals surface area contributed by atoms with E-state index in [1.54, 1.807) is 12.2 Å². The molecule has 0 saturated heterocycles. The lowest BCUT2D eigenvalue weighted by Gasteiger charge is -2.32. The minimum atomic E-state index is -1.79. The number of nitrogens with zero attached hydrogens (tertiary/aromatic N) is 1. The van der Waals surface area contributed by atoms with Gasteiger partial charge in [0, 0.05) is 17.0 Å². The summed E-state index contributed by atoms with van der Waals surface area (Å²) in [4.78, 5) is 11.5. The molecule has 1 aromatic heterocycles. The molecule has 2 aromatic rings. The second-order valence-electron chi connectivity index (χ2n) is 4.98. The molecule has 0 spiro atoms. The van der Waals surface area contributed by atoms with E-state index in [4.69, 9.17) is 21.3 Å². The topological polar surface area (TPSA) is 94.5 Å². The van der Waals surface area contributed by atoms with Gasteiger partial charge in [0.1, 0.15) is 17.1 Å². The molecule has 0 fully saturated rings. The first-order chi connectivity index (χ1) is 10.5. The molecule has 2 atom stereocenters. The molecule has 6 heteroatoms. The van der Waals surface area contributed by atoms with Gasteiger partial charge < -0.3 is 14.6 Å². The zero-order valence-electron chi connectivity index (χ0n) is 11.2. The molecule has 0 aliphatic heterocycles. The Kier molecular flexibility index (Phi) is 3.28. The highest BCUT2D eigenvalue weighted by Gasteiger charge is 2.42. The minimum absolute atomic E-state index is 0.0946. The summed E-state index contributed by atoms with van der Waals surface area (Å²) in [7, 11) is 0. The van der Waals surface area contributed by atoms with Gasteiger partial charge in [0.25, 0.3) is 0 Å². The quantitative estimate of drug-likeness (QED) is 0.888. The van der Waals surface area contributed by atoms with Gasteiger partial charge >= 0.3 is 5.97 Å². The number of carboxylic acids is 1. The van der Waals surface area contributed by atoms with Gasteiger partial charge in [-0.1, -0.05) is 18.2 Å². The number of nitriles is 1. The number of aliphatic carboxylic acids is 1. The lowest BCUT2D eigenvalue weighted by Crippen LogP contribution is -2.38. The Hall–Kier alpha value is -2.55. The monoisotopic (exact) mass is 315 g/mol. The van der Waals surface area contributed by atoms with E-state index in [-0.39, 0.29) is 16.3 Å². The molecule has 2 N–H and O–H groups in total. The first-order valence-corrected chi connectivity index (χ1v) is 6.78. The van der Waals surface area contributed by atoms with Gasteiger partial charge in [0.15, 0.2) is 5.22 Å². The van der Waals surface area contributed by atoms with E-state index < -0.39 is 17.5 Å². The van der Waals surface area contributed by atoms with Crippen molar-refractivity contribution in [2.24, 2.45) is 5.92 Å².